The van der Waals surface area contributed by atoms with Crippen molar-refractivity contribution in [3.8, 4) is 11.1 Å². The van der Waals surface area contributed by atoms with Crippen LogP contribution in [0, 0.1) is 5.92 Å². The molecule has 186 valence electrons. The van der Waals surface area contributed by atoms with Crippen LogP contribution in [-0.4, -0.2) is 25.2 Å². The van der Waals surface area contributed by atoms with Crippen LogP contribution in [0.25, 0.3) is 11.1 Å². The molecule has 0 heterocycles. The van der Waals surface area contributed by atoms with E-state index in [-0.39, 0.29) is 11.9 Å². The monoisotopic (exact) mass is 474 g/mol. The third-order valence-electron chi connectivity index (χ3n) is 6.99. The highest BCUT2D eigenvalue weighted by Gasteiger charge is 2.22. The highest BCUT2D eigenvalue weighted by atomic mass is 16.5. The molecular formula is C31H38O4. The number of carbonyl (C=O) groups excluding carboxylic acids is 2. The molecule has 0 amide bonds. The molecule has 0 radical (unpaired) electrons. The van der Waals surface area contributed by atoms with Gasteiger partial charge in [-0.05, 0) is 66.2 Å². The molecule has 1 fully saturated rings. The number of hydrogen-bond donors (Lipinski definition) is 0. The number of ether oxygens (including phenoxy) is 2. The number of carbonyl (C=O) groups is 2. The summed E-state index contributed by atoms with van der Waals surface area (Å²) >= 11 is 0. The van der Waals surface area contributed by atoms with E-state index in [1.165, 1.54) is 67.4 Å². The Labute approximate surface area is 210 Å². The van der Waals surface area contributed by atoms with Gasteiger partial charge in [-0.15, -0.1) is 0 Å². The molecule has 2 aromatic rings. The van der Waals surface area contributed by atoms with Gasteiger partial charge in [0.15, 0.2) is 0 Å². The maximum absolute atomic E-state index is 11.1. The van der Waals surface area contributed by atoms with Crippen LogP contribution in [0.5, 0.6) is 0 Å². The minimum absolute atomic E-state index is 0.324. The number of rotatable bonds is 13. The minimum Gasteiger partial charge on any atom is -0.463 e. The quantitative estimate of drug-likeness (QED) is 0.175. The van der Waals surface area contributed by atoms with Crippen molar-refractivity contribution in [2.75, 3.05) is 13.2 Å². The first kappa shape index (κ1) is 26.5. The largest absolute Gasteiger partial charge is 0.463 e. The summed E-state index contributed by atoms with van der Waals surface area (Å²) in [4.78, 5) is 22.2. The molecule has 0 aliphatic heterocycles. The summed E-state index contributed by atoms with van der Waals surface area (Å²) in [7, 11) is 0. The highest BCUT2D eigenvalue weighted by Crippen LogP contribution is 2.38. The van der Waals surface area contributed by atoms with Gasteiger partial charge in [-0.3, -0.25) is 0 Å². The summed E-state index contributed by atoms with van der Waals surface area (Å²) < 4.78 is 10.1. The van der Waals surface area contributed by atoms with Crippen LogP contribution in [0.4, 0.5) is 0 Å². The molecule has 0 bridgehead atoms. The molecule has 1 saturated carbocycles. The Kier molecular flexibility index (Phi) is 10.8. The van der Waals surface area contributed by atoms with Crippen molar-refractivity contribution in [1.82, 2.24) is 0 Å². The third-order valence-corrected chi connectivity index (χ3v) is 6.99. The van der Waals surface area contributed by atoms with Crippen molar-refractivity contribution in [3.63, 3.8) is 0 Å². The maximum Gasteiger partial charge on any atom is 0.330 e. The predicted octanol–water partition coefficient (Wildman–Crippen LogP) is 7.19. The standard InChI is InChI=1S/C31H38O4/c1-3-30(32)34-22-7-5-6-8-24-9-13-26(14-10-24)28-17-19-29(20-18-28)27-15-11-25(12-16-27)21-23-35-31(33)4-2/h3-4,11-12,15-20,24,26H,1-2,5-10,13-14,21-23H2. The lowest BCUT2D eigenvalue weighted by Crippen LogP contribution is -2.13. The number of hydrogen-bond acceptors (Lipinski definition) is 4. The van der Waals surface area contributed by atoms with Crippen molar-refractivity contribution in [3.05, 3.63) is 85.0 Å². The predicted molar refractivity (Wildman–Crippen MR) is 141 cm³/mol. The van der Waals surface area contributed by atoms with Crippen molar-refractivity contribution in [1.29, 1.82) is 0 Å². The lowest BCUT2D eigenvalue weighted by Gasteiger charge is -2.29. The Morgan fingerprint density at radius 2 is 1.31 bits per heavy atom. The molecule has 0 spiro atoms. The van der Waals surface area contributed by atoms with E-state index in [0.29, 0.717) is 25.6 Å². The Hall–Kier alpha value is -3.14. The lowest BCUT2D eigenvalue weighted by molar-refractivity contribution is -0.138. The Morgan fingerprint density at radius 3 is 1.91 bits per heavy atom. The van der Waals surface area contributed by atoms with Gasteiger partial charge >= 0.3 is 11.9 Å². The molecule has 3 rings (SSSR count). The molecule has 1 aliphatic rings. The van der Waals surface area contributed by atoms with Gasteiger partial charge < -0.3 is 9.47 Å². The maximum atomic E-state index is 11.1. The second-order valence-corrected chi connectivity index (χ2v) is 9.38. The zero-order chi connectivity index (χ0) is 24.9. The summed E-state index contributed by atoms with van der Waals surface area (Å²) in [6.45, 7) is 7.69. The van der Waals surface area contributed by atoms with Crippen LogP contribution < -0.4 is 0 Å². The van der Waals surface area contributed by atoms with Gasteiger partial charge in [0.2, 0.25) is 0 Å². The molecule has 4 heteroatoms. The van der Waals surface area contributed by atoms with Gasteiger partial charge in [0, 0.05) is 18.6 Å². The molecular weight excluding hydrogens is 436 g/mol. The fourth-order valence-corrected chi connectivity index (χ4v) is 4.87. The molecule has 0 atom stereocenters. The van der Waals surface area contributed by atoms with E-state index in [9.17, 15) is 9.59 Å². The lowest BCUT2D eigenvalue weighted by atomic mass is 9.77. The number of esters is 2. The first-order valence-corrected chi connectivity index (χ1v) is 12.9. The summed E-state index contributed by atoms with van der Waals surface area (Å²) in [5.41, 5.74) is 5.03. The molecule has 1 aliphatic carbocycles. The van der Waals surface area contributed by atoms with Gasteiger partial charge in [0.05, 0.1) is 13.2 Å². The van der Waals surface area contributed by atoms with Gasteiger partial charge in [-0.1, -0.05) is 81.0 Å². The van der Waals surface area contributed by atoms with Gasteiger partial charge in [0.1, 0.15) is 0 Å². The zero-order valence-corrected chi connectivity index (χ0v) is 20.8. The van der Waals surface area contributed by atoms with E-state index in [1.54, 1.807) is 0 Å². The fraction of sp³-hybridized carbons (Fsp3) is 0.419. The van der Waals surface area contributed by atoms with Gasteiger partial charge in [-0.25, -0.2) is 9.59 Å². The van der Waals surface area contributed by atoms with Crippen molar-refractivity contribution in [2.45, 2.75) is 63.7 Å². The summed E-state index contributed by atoms with van der Waals surface area (Å²) in [5, 5.41) is 0. The molecule has 0 aromatic heterocycles. The van der Waals surface area contributed by atoms with Gasteiger partial charge in [-0.2, -0.15) is 0 Å². The summed E-state index contributed by atoms with van der Waals surface area (Å²) in [6, 6.07) is 17.5. The molecule has 2 aromatic carbocycles. The van der Waals surface area contributed by atoms with E-state index in [1.807, 2.05) is 0 Å². The normalized spacial score (nSPS) is 17.4. The Bertz CT molecular complexity index is 950. The Morgan fingerprint density at radius 1 is 0.743 bits per heavy atom. The minimum atomic E-state index is -0.379. The van der Waals surface area contributed by atoms with Crippen molar-refractivity contribution in [2.24, 2.45) is 5.92 Å². The summed E-state index contributed by atoms with van der Waals surface area (Å²) in [6.07, 6.45) is 12.8. The van der Waals surface area contributed by atoms with E-state index in [0.717, 1.165) is 24.3 Å². The number of benzene rings is 2. The van der Waals surface area contributed by atoms with Crippen molar-refractivity contribution >= 4 is 11.9 Å². The number of unbranched alkanes of at least 4 members (excludes halogenated alkanes) is 2. The molecule has 35 heavy (non-hydrogen) atoms. The first-order valence-electron chi connectivity index (χ1n) is 12.9. The van der Waals surface area contributed by atoms with E-state index < -0.39 is 0 Å². The topological polar surface area (TPSA) is 52.6 Å². The van der Waals surface area contributed by atoms with Crippen LogP contribution in [0.15, 0.2) is 73.8 Å². The third kappa shape index (κ3) is 8.86. The van der Waals surface area contributed by atoms with E-state index >= 15 is 0 Å². The van der Waals surface area contributed by atoms with Crippen molar-refractivity contribution < 1.29 is 19.1 Å². The zero-order valence-electron chi connectivity index (χ0n) is 20.8. The van der Waals surface area contributed by atoms with Crippen LogP contribution in [0.3, 0.4) is 0 Å². The average Bonchev–Trinajstić information content (AvgIpc) is 2.91. The van der Waals surface area contributed by atoms with E-state index in [2.05, 4.69) is 61.7 Å². The molecule has 0 N–H and O–H groups in total. The molecule has 0 unspecified atom stereocenters. The van der Waals surface area contributed by atoms with E-state index in [4.69, 9.17) is 9.47 Å². The second-order valence-electron chi connectivity index (χ2n) is 9.38. The molecule has 0 saturated heterocycles. The average molecular weight is 475 g/mol. The Balaban J connectivity index is 1.38. The highest BCUT2D eigenvalue weighted by molar-refractivity contribution is 5.81. The van der Waals surface area contributed by atoms with Crippen LogP contribution in [0.2, 0.25) is 0 Å². The summed E-state index contributed by atoms with van der Waals surface area (Å²) in [5.74, 6) is 0.796. The van der Waals surface area contributed by atoms with Crippen LogP contribution in [-0.2, 0) is 25.5 Å². The molecule has 4 nitrogen and oxygen atoms in total. The SMILES string of the molecule is C=CC(=O)OCCCCCC1CCC(c2ccc(-c3ccc(CCOC(=O)C=C)cc3)cc2)CC1. The smallest absolute Gasteiger partial charge is 0.330 e. The van der Waals surface area contributed by atoms with Gasteiger partial charge in [0.25, 0.3) is 0 Å². The first-order chi connectivity index (χ1) is 17.1. The fourth-order valence-electron chi connectivity index (χ4n) is 4.87. The second kappa shape index (κ2) is 14.3. The van der Waals surface area contributed by atoms with Crippen LogP contribution in [0.1, 0.15) is 68.4 Å². The van der Waals surface area contributed by atoms with Crippen LogP contribution >= 0.6 is 0 Å².